The van der Waals surface area contributed by atoms with E-state index >= 15 is 0 Å². The van der Waals surface area contributed by atoms with E-state index in [1.807, 2.05) is 48.5 Å². The fourth-order valence-corrected chi connectivity index (χ4v) is 3.66. The molecule has 0 N–H and O–H groups in total. The van der Waals surface area contributed by atoms with Gasteiger partial charge in [0, 0.05) is 12.6 Å². The van der Waals surface area contributed by atoms with E-state index in [1.165, 1.54) is 17.4 Å². The van der Waals surface area contributed by atoms with Gasteiger partial charge in [-0.15, -0.1) is 0 Å². The van der Waals surface area contributed by atoms with Gasteiger partial charge >= 0.3 is 0 Å². The van der Waals surface area contributed by atoms with Crippen molar-refractivity contribution in [2.24, 2.45) is 4.99 Å². The van der Waals surface area contributed by atoms with E-state index in [2.05, 4.69) is 16.5 Å². The molecule has 0 unspecified atom stereocenters. The molecule has 5 heteroatoms. The minimum atomic E-state index is -0.257. The number of fused-ring (bicyclic) bond motifs is 1. The average Bonchev–Trinajstić information content (AvgIpc) is 2.97. The first-order valence-corrected chi connectivity index (χ1v) is 9.02. The largest absolute Gasteiger partial charge is 0.497 e. The molecule has 0 aliphatic rings. The molecule has 0 spiro atoms. The lowest BCUT2D eigenvalue weighted by Gasteiger charge is -2.03. The highest BCUT2D eigenvalue weighted by Gasteiger charge is 2.07. The van der Waals surface area contributed by atoms with Crippen molar-refractivity contribution < 1.29 is 9.53 Å². The van der Waals surface area contributed by atoms with Crippen molar-refractivity contribution in [1.82, 2.24) is 4.57 Å². The molecule has 0 atom stereocenters. The Balaban J connectivity index is 1.98. The molecule has 3 rings (SSSR count). The van der Waals surface area contributed by atoms with Gasteiger partial charge < -0.3 is 9.30 Å². The van der Waals surface area contributed by atoms with Crippen molar-refractivity contribution in [3.8, 4) is 5.75 Å². The molecule has 0 aliphatic carbocycles. The summed E-state index contributed by atoms with van der Waals surface area (Å²) in [4.78, 5) is 17.3. The first kappa shape index (κ1) is 17.2. The highest BCUT2D eigenvalue weighted by molar-refractivity contribution is 7.16. The second kappa shape index (κ2) is 7.94. The van der Waals surface area contributed by atoms with E-state index < -0.39 is 0 Å². The van der Waals surface area contributed by atoms with Gasteiger partial charge in [0.2, 0.25) is 0 Å². The highest BCUT2D eigenvalue weighted by atomic mass is 32.1. The molecule has 128 valence electrons. The maximum atomic E-state index is 12.3. The average molecular weight is 352 g/mol. The third-order valence-corrected chi connectivity index (χ3v) is 4.80. The SMILES string of the molecule is CCCn1c(=NC(=O)/C=C/c2ccccc2)sc2cc(OC)ccc21. The summed E-state index contributed by atoms with van der Waals surface area (Å²) >= 11 is 1.50. The van der Waals surface area contributed by atoms with Crippen LogP contribution in [0.3, 0.4) is 0 Å². The molecule has 0 fully saturated rings. The summed E-state index contributed by atoms with van der Waals surface area (Å²) in [6.45, 7) is 2.93. The first-order chi connectivity index (χ1) is 12.2. The zero-order valence-electron chi connectivity index (χ0n) is 14.3. The second-order valence-electron chi connectivity index (χ2n) is 5.56. The normalized spacial score (nSPS) is 12.2. The number of methoxy groups -OCH3 is 1. The molecular formula is C20H20N2O2S. The predicted molar refractivity (Wildman–Crippen MR) is 103 cm³/mol. The topological polar surface area (TPSA) is 43.6 Å². The third kappa shape index (κ3) is 4.06. The molecule has 1 heterocycles. The van der Waals surface area contributed by atoms with Gasteiger partial charge in [0.1, 0.15) is 5.75 Å². The number of hydrogen-bond donors (Lipinski definition) is 0. The number of carbonyl (C=O) groups is 1. The zero-order chi connectivity index (χ0) is 17.6. The maximum Gasteiger partial charge on any atom is 0.272 e. The van der Waals surface area contributed by atoms with Gasteiger partial charge in [0.15, 0.2) is 4.80 Å². The number of rotatable bonds is 5. The van der Waals surface area contributed by atoms with Crippen LogP contribution >= 0.6 is 11.3 Å². The lowest BCUT2D eigenvalue weighted by Crippen LogP contribution is -2.16. The number of hydrogen-bond acceptors (Lipinski definition) is 3. The molecule has 25 heavy (non-hydrogen) atoms. The van der Waals surface area contributed by atoms with Crippen LogP contribution < -0.4 is 9.54 Å². The van der Waals surface area contributed by atoms with Crippen LogP contribution in [0.4, 0.5) is 0 Å². The maximum absolute atomic E-state index is 12.3. The molecule has 0 bridgehead atoms. The van der Waals surface area contributed by atoms with Crippen molar-refractivity contribution in [3.05, 3.63) is 65.0 Å². The number of amides is 1. The Kier molecular flexibility index (Phi) is 5.46. The summed E-state index contributed by atoms with van der Waals surface area (Å²) in [5.74, 6) is 0.548. The minimum Gasteiger partial charge on any atom is -0.497 e. The third-order valence-electron chi connectivity index (χ3n) is 3.76. The van der Waals surface area contributed by atoms with E-state index in [9.17, 15) is 4.79 Å². The Hall–Kier alpha value is -2.66. The van der Waals surface area contributed by atoms with E-state index in [0.29, 0.717) is 4.80 Å². The number of ether oxygens (including phenoxy) is 1. The van der Waals surface area contributed by atoms with Crippen molar-refractivity contribution in [3.63, 3.8) is 0 Å². The molecule has 1 amide bonds. The highest BCUT2D eigenvalue weighted by Crippen LogP contribution is 2.23. The van der Waals surface area contributed by atoms with Gasteiger partial charge in [-0.1, -0.05) is 48.6 Å². The van der Waals surface area contributed by atoms with Crippen LogP contribution in [0.25, 0.3) is 16.3 Å². The van der Waals surface area contributed by atoms with Gasteiger partial charge in [0.25, 0.3) is 5.91 Å². The molecule has 0 saturated heterocycles. The number of nitrogens with zero attached hydrogens (tertiary/aromatic N) is 2. The van der Waals surface area contributed by atoms with Crippen LogP contribution in [-0.4, -0.2) is 17.6 Å². The lowest BCUT2D eigenvalue weighted by molar-refractivity contribution is -0.113. The van der Waals surface area contributed by atoms with Crippen LogP contribution in [0.5, 0.6) is 5.75 Å². The van der Waals surface area contributed by atoms with E-state index in [-0.39, 0.29) is 5.91 Å². The number of thiazole rings is 1. The summed E-state index contributed by atoms with van der Waals surface area (Å²) < 4.78 is 8.44. The van der Waals surface area contributed by atoms with E-state index in [0.717, 1.165) is 34.5 Å². The fourth-order valence-electron chi connectivity index (χ4n) is 2.57. The lowest BCUT2D eigenvalue weighted by atomic mass is 10.2. The molecule has 0 aliphatic heterocycles. The molecule has 0 radical (unpaired) electrons. The minimum absolute atomic E-state index is 0.257. The number of aryl methyl sites for hydroxylation is 1. The molecule has 3 aromatic rings. The van der Waals surface area contributed by atoms with Crippen molar-refractivity contribution in [2.75, 3.05) is 7.11 Å². The number of carbonyl (C=O) groups excluding carboxylic acids is 1. The monoisotopic (exact) mass is 352 g/mol. The van der Waals surface area contributed by atoms with Gasteiger partial charge in [-0.3, -0.25) is 4.79 Å². The summed E-state index contributed by atoms with van der Waals surface area (Å²) in [5.41, 5.74) is 2.06. The zero-order valence-corrected chi connectivity index (χ0v) is 15.1. The van der Waals surface area contributed by atoms with Gasteiger partial charge in [-0.25, -0.2) is 0 Å². The number of aromatic nitrogens is 1. The molecule has 4 nitrogen and oxygen atoms in total. The molecule has 0 saturated carbocycles. The molecular weight excluding hydrogens is 332 g/mol. The molecule has 1 aromatic heterocycles. The van der Waals surface area contributed by atoms with Gasteiger partial charge in [-0.2, -0.15) is 4.99 Å². The van der Waals surface area contributed by atoms with Crippen LogP contribution in [0.15, 0.2) is 59.6 Å². The smallest absolute Gasteiger partial charge is 0.272 e. The van der Waals surface area contributed by atoms with E-state index in [1.54, 1.807) is 13.2 Å². The summed E-state index contributed by atoms with van der Waals surface area (Å²) in [7, 11) is 1.65. The van der Waals surface area contributed by atoms with Gasteiger partial charge in [-0.05, 0) is 36.3 Å². The van der Waals surface area contributed by atoms with Crippen molar-refractivity contribution in [2.45, 2.75) is 19.9 Å². The van der Waals surface area contributed by atoms with Crippen molar-refractivity contribution >= 4 is 33.5 Å². The van der Waals surface area contributed by atoms with Crippen molar-refractivity contribution in [1.29, 1.82) is 0 Å². The second-order valence-corrected chi connectivity index (χ2v) is 6.57. The van der Waals surface area contributed by atoms with Crippen LogP contribution in [0.1, 0.15) is 18.9 Å². The standard InChI is InChI=1S/C20H20N2O2S/c1-3-13-22-17-11-10-16(24-2)14-18(17)25-20(22)21-19(23)12-9-15-7-5-4-6-8-15/h4-12,14H,3,13H2,1-2H3/b12-9+,21-20?. The quantitative estimate of drug-likeness (QED) is 0.644. The van der Waals surface area contributed by atoms with Crippen LogP contribution in [0.2, 0.25) is 0 Å². The first-order valence-electron chi connectivity index (χ1n) is 8.20. The summed E-state index contributed by atoms with van der Waals surface area (Å²) in [6.07, 6.45) is 4.27. The summed E-state index contributed by atoms with van der Waals surface area (Å²) in [6, 6.07) is 15.7. The molecule has 2 aromatic carbocycles. The summed E-state index contributed by atoms with van der Waals surface area (Å²) in [5, 5.41) is 0. The number of benzene rings is 2. The van der Waals surface area contributed by atoms with E-state index in [4.69, 9.17) is 4.74 Å². The van der Waals surface area contributed by atoms with Crippen LogP contribution in [0, 0.1) is 0 Å². The Bertz CT molecular complexity index is 968. The Morgan fingerprint density at radius 1 is 1.24 bits per heavy atom. The Labute approximate surface area is 150 Å². The fraction of sp³-hybridized carbons (Fsp3) is 0.200. The van der Waals surface area contributed by atoms with Gasteiger partial charge in [0.05, 0.1) is 17.3 Å². The van der Waals surface area contributed by atoms with Crippen LogP contribution in [-0.2, 0) is 11.3 Å². The Morgan fingerprint density at radius 3 is 2.76 bits per heavy atom. The predicted octanol–water partition coefficient (Wildman–Crippen LogP) is 4.26. The Morgan fingerprint density at radius 2 is 2.04 bits per heavy atom.